The molecule has 5 heterocycles. The smallest absolute Gasteiger partial charge is 0.253 e. The van der Waals surface area contributed by atoms with Gasteiger partial charge in [0.05, 0.1) is 16.8 Å². The molecule has 3 aromatic heterocycles. The Balaban J connectivity index is 1.37. The van der Waals surface area contributed by atoms with Crippen molar-refractivity contribution in [1.82, 2.24) is 14.2 Å². The van der Waals surface area contributed by atoms with Crippen LogP contribution in [0.3, 0.4) is 0 Å². The Hall–Kier alpha value is -2.64. The molecule has 1 saturated heterocycles. The van der Waals surface area contributed by atoms with Gasteiger partial charge in [0, 0.05) is 30.5 Å². The second-order valence-electron chi connectivity index (χ2n) is 9.08. The molecule has 1 aromatic carbocycles. The summed E-state index contributed by atoms with van der Waals surface area (Å²) >= 11 is 4.19. The summed E-state index contributed by atoms with van der Waals surface area (Å²) in [7, 11) is -3.74. The van der Waals surface area contributed by atoms with Crippen LogP contribution >= 0.6 is 34.0 Å². The molecule has 0 saturated carbocycles. The molecule has 0 radical (unpaired) electrons. The lowest BCUT2D eigenvalue weighted by molar-refractivity contribution is -0.129. The van der Waals surface area contributed by atoms with Crippen molar-refractivity contribution in [2.75, 3.05) is 18.4 Å². The summed E-state index contributed by atoms with van der Waals surface area (Å²) in [5, 5.41) is 6.29. The number of para-hydroxylation sites is 1. The summed E-state index contributed by atoms with van der Waals surface area (Å²) in [6.45, 7) is 2.99. The number of rotatable bonds is 5. The molecular formula is C25H24N4O4S4. The molecule has 192 valence electrons. The van der Waals surface area contributed by atoms with Gasteiger partial charge in [-0.15, -0.1) is 34.0 Å². The Morgan fingerprint density at radius 3 is 2.70 bits per heavy atom. The van der Waals surface area contributed by atoms with E-state index in [-0.39, 0.29) is 16.0 Å². The van der Waals surface area contributed by atoms with Gasteiger partial charge in [0.2, 0.25) is 11.8 Å². The molecule has 12 heteroatoms. The average molecular weight is 573 g/mol. The molecule has 2 aliphatic heterocycles. The summed E-state index contributed by atoms with van der Waals surface area (Å²) in [5.41, 5.74) is 2.89. The van der Waals surface area contributed by atoms with E-state index in [0.717, 1.165) is 42.6 Å². The molecule has 1 N–H and O–H groups in total. The van der Waals surface area contributed by atoms with E-state index in [0.29, 0.717) is 43.9 Å². The van der Waals surface area contributed by atoms with E-state index in [1.807, 2.05) is 24.3 Å². The Morgan fingerprint density at radius 2 is 1.95 bits per heavy atom. The monoisotopic (exact) mass is 572 g/mol. The zero-order valence-corrected chi connectivity index (χ0v) is 23.2. The lowest BCUT2D eigenvalue weighted by Crippen LogP contribution is -2.42. The fourth-order valence-corrected chi connectivity index (χ4v) is 10.1. The van der Waals surface area contributed by atoms with Crippen molar-refractivity contribution >= 4 is 71.1 Å². The quantitative estimate of drug-likeness (QED) is 0.371. The maximum atomic E-state index is 13.6. The third-order valence-corrected chi connectivity index (χ3v) is 12.3. The molecule has 0 spiro atoms. The third-order valence-electron chi connectivity index (χ3n) is 6.81. The Kier molecular flexibility index (Phi) is 6.40. The number of carbonyl (C=O) groups excluding carboxylic acids is 2. The molecule has 1 fully saturated rings. The highest BCUT2D eigenvalue weighted by Gasteiger charge is 2.40. The first kappa shape index (κ1) is 24.7. The van der Waals surface area contributed by atoms with Crippen LogP contribution < -0.4 is 5.32 Å². The number of hydrogen-bond donors (Lipinski definition) is 1. The Morgan fingerprint density at radius 1 is 1.11 bits per heavy atom. The van der Waals surface area contributed by atoms with Gasteiger partial charge in [-0.3, -0.25) is 9.59 Å². The number of amides is 2. The molecule has 4 aromatic rings. The molecule has 1 atom stereocenters. The standard InChI is InChI=1S/C25H24N4O4S4/c1-15(30)28-12-10-16-20(14-28)36-25(22(16)24-26-17-6-2-3-8-19(17)35-24)27-23(31)18-7-4-11-29(18)37(32,33)21-9-5-13-34-21/h2-3,5-6,8-9,13,18H,4,7,10-12,14H2,1H3,(H,27,31). The molecule has 8 nitrogen and oxygen atoms in total. The van der Waals surface area contributed by atoms with Crippen LogP contribution in [-0.2, 0) is 32.6 Å². The van der Waals surface area contributed by atoms with E-state index in [2.05, 4.69) is 5.32 Å². The fraction of sp³-hybridized carbons (Fsp3) is 0.320. The largest absolute Gasteiger partial charge is 0.337 e. The topological polar surface area (TPSA) is 99.7 Å². The number of thiazole rings is 1. The van der Waals surface area contributed by atoms with E-state index in [1.165, 1.54) is 15.6 Å². The minimum absolute atomic E-state index is 0.0200. The molecule has 6 rings (SSSR count). The molecule has 0 aliphatic carbocycles. The van der Waals surface area contributed by atoms with Crippen molar-refractivity contribution in [1.29, 1.82) is 0 Å². The summed E-state index contributed by atoms with van der Waals surface area (Å²) < 4.78 is 29.1. The number of fused-ring (bicyclic) bond motifs is 2. The molecule has 2 aliphatic rings. The molecular weight excluding hydrogens is 549 g/mol. The van der Waals surface area contributed by atoms with Crippen LogP contribution in [0.5, 0.6) is 0 Å². The van der Waals surface area contributed by atoms with Gasteiger partial charge in [0.1, 0.15) is 20.3 Å². The van der Waals surface area contributed by atoms with E-state index in [9.17, 15) is 18.0 Å². The highest BCUT2D eigenvalue weighted by molar-refractivity contribution is 7.91. The van der Waals surface area contributed by atoms with E-state index >= 15 is 0 Å². The first-order chi connectivity index (χ1) is 17.8. The lowest BCUT2D eigenvalue weighted by Gasteiger charge is -2.26. The average Bonchev–Trinajstić information content (AvgIpc) is 3.68. The van der Waals surface area contributed by atoms with Gasteiger partial charge in [-0.25, -0.2) is 13.4 Å². The van der Waals surface area contributed by atoms with Crippen molar-refractivity contribution in [3.8, 4) is 10.6 Å². The maximum absolute atomic E-state index is 13.6. The van der Waals surface area contributed by atoms with E-state index in [1.54, 1.807) is 40.7 Å². The third kappa shape index (κ3) is 4.40. The van der Waals surface area contributed by atoms with Crippen LogP contribution in [0.2, 0.25) is 0 Å². The Labute approximate surface area is 226 Å². The van der Waals surface area contributed by atoms with Gasteiger partial charge in [-0.1, -0.05) is 18.2 Å². The van der Waals surface area contributed by atoms with Crippen molar-refractivity contribution in [2.45, 2.75) is 43.0 Å². The predicted octanol–water partition coefficient (Wildman–Crippen LogP) is 4.78. The summed E-state index contributed by atoms with van der Waals surface area (Å²) in [6, 6.07) is 10.4. The summed E-state index contributed by atoms with van der Waals surface area (Å²) in [6.07, 6.45) is 1.77. The number of nitrogens with zero attached hydrogens (tertiary/aromatic N) is 3. The van der Waals surface area contributed by atoms with Crippen molar-refractivity contribution in [3.63, 3.8) is 0 Å². The number of benzene rings is 1. The minimum Gasteiger partial charge on any atom is -0.337 e. The van der Waals surface area contributed by atoms with E-state index < -0.39 is 16.1 Å². The summed E-state index contributed by atoms with van der Waals surface area (Å²) in [5.74, 6) is -0.312. The lowest BCUT2D eigenvalue weighted by atomic mass is 10.0. The van der Waals surface area contributed by atoms with Gasteiger partial charge in [-0.05, 0) is 48.4 Å². The van der Waals surface area contributed by atoms with Gasteiger partial charge >= 0.3 is 0 Å². The van der Waals surface area contributed by atoms with Gasteiger partial charge in [0.15, 0.2) is 0 Å². The fourth-order valence-electron chi connectivity index (χ4n) is 4.98. The minimum atomic E-state index is -3.74. The van der Waals surface area contributed by atoms with Crippen LogP contribution in [0.15, 0.2) is 46.0 Å². The number of hydrogen-bond acceptors (Lipinski definition) is 8. The number of aromatic nitrogens is 1. The van der Waals surface area contributed by atoms with Gasteiger partial charge in [-0.2, -0.15) is 4.31 Å². The zero-order chi connectivity index (χ0) is 25.7. The summed E-state index contributed by atoms with van der Waals surface area (Å²) in [4.78, 5) is 33.3. The van der Waals surface area contributed by atoms with Gasteiger partial charge in [0.25, 0.3) is 10.0 Å². The maximum Gasteiger partial charge on any atom is 0.253 e. The number of thiophene rings is 2. The normalized spacial score (nSPS) is 18.3. The molecule has 37 heavy (non-hydrogen) atoms. The molecule has 0 bridgehead atoms. The highest BCUT2D eigenvalue weighted by atomic mass is 32.2. The first-order valence-electron chi connectivity index (χ1n) is 11.9. The molecule has 2 amide bonds. The SMILES string of the molecule is CC(=O)N1CCc2c(sc(NC(=O)C3CCCN3S(=O)(=O)c3cccs3)c2-c2nc3ccccc3s2)C1. The van der Waals surface area contributed by atoms with Crippen molar-refractivity contribution < 1.29 is 18.0 Å². The second kappa shape index (κ2) is 9.59. The van der Waals surface area contributed by atoms with Gasteiger partial charge < -0.3 is 10.2 Å². The number of nitrogens with one attached hydrogen (secondary N) is 1. The van der Waals surface area contributed by atoms with Crippen LogP contribution in [0.25, 0.3) is 20.8 Å². The zero-order valence-electron chi connectivity index (χ0n) is 20.0. The van der Waals surface area contributed by atoms with Crippen LogP contribution in [-0.4, -0.2) is 53.6 Å². The Bertz CT molecular complexity index is 1570. The first-order valence-corrected chi connectivity index (χ1v) is 15.9. The van der Waals surface area contributed by atoms with Crippen molar-refractivity contribution in [3.05, 3.63) is 52.2 Å². The second-order valence-corrected chi connectivity index (χ2v) is 14.3. The van der Waals surface area contributed by atoms with Crippen LogP contribution in [0, 0.1) is 0 Å². The van der Waals surface area contributed by atoms with Crippen LogP contribution in [0.4, 0.5) is 5.00 Å². The number of sulfonamides is 1. The molecule has 1 unspecified atom stereocenters. The predicted molar refractivity (Wildman–Crippen MR) is 148 cm³/mol. The number of carbonyl (C=O) groups is 2. The van der Waals surface area contributed by atoms with Crippen LogP contribution in [0.1, 0.15) is 30.2 Å². The highest BCUT2D eigenvalue weighted by Crippen LogP contribution is 2.46. The van der Waals surface area contributed by atoms with Crippen molar-refractivity contribution in [2.24, 2.45) is 0 Å². The number of anilines is 1. The van der Waals surface area contributed by atoms with E-state index in [4.69, 9.17) is 4.98 Å².